The second-order valence-electron chi connectivity index (χ2n) is 2.75. The summed E-state index contributed by atoms with van der Waals surface area (Å²) in [5, 5.41) is 18.0. The summed E-state index contributed by atoms with van der Waals surface area (Å²) in [6.07, 6.45) is -0.557. The van der Waals surface area contributed by atoms with Crippen molar-refractivity contribution in [2.24, 2.45) is 0 Å². The Morgan fingerprint density at radius 2 is 2.23 bits per heavy atom. The van der Waals surface area contributed by atoms with Crippen molar-refractivity contribution in [1.82, 2.24) is 0 Å². The average molecular weight is 177 g/mol. The molecule has 0 amide bonds. The number of nitrogens with zero attached hydrogens (tertiary/aromatic N) is 1. The van der Waals surface area contributed by atoms with Gasteiger partial charge in [0, 0.05) is 0 Å². The predicted molar refractivity (Wildman–Crippen MR) is 48.3 cm³/mol. The van der Waals surface area contributed by atoms with Gasteiger partial charge in [0.05, 0.1) is 18.8 Å². The number of aliphatic hydroxyl groups excluding tert-OH is 1. The summed E-state index contributed by atoms with van der Waals surface area (Å²) < 4.78 is 4.97. The van der Waals surface area contributed by atoms with Crippen molar-refractivity contribution in [2.75, 3.05) is 7.11 Å². The smallest absolute Gasteiger partial charge is 0.136 e. The summed E-state index contributed by atoms with van der Waals surface area (Å²) in [6, 6.07) is 7.06. The molecular formula is C10H11NO2. The van der Waals surface area contributed by atoms with E-state index in [1.807, 2.05) is 6.07 Å². The van der Waals surface area contributed by atoms with Crippen molar-refractivity contribution >= 4 is 0 Å². The summed E-state index contributed by atoms with van der Waals surface area (Å²) in [7, 11) is 1.51. The summed E-state index contributed by atoms with van der Waals surface area (Å²) in [5.41, 5.74) is 1.17. The molecule has 1 unspecified atom stereocenters. The molecule has 0 heterocycles. The van der Waals surface area contributed by atoms with Crippen LogP contribution in [0.3, 0.4) is 0 Å². The van der Waals surface area contributed by atoms with Crippen LogP contribution in [0.15, 0.2) is 18.2 Å². The Morgan fingerprint density at radius 1 is 1.54 bits per heavy atom. The second-order valence-corrected chi connectivity index (χ2v) is 2.75. The molecule has 0 spiro atoms. The topological polar surface area (TPSA) is 53.2 Å². The first-order valence-corrected chi connectivity index (χ1v) is 3.95. The SMILES string of the molecule is COc1ccc(C(C)O)cc1C#N. The van der Waals surface area contributed by atoms with Gasteiger partial charge in [-0.05, 0) is 24.6 Å². The molecule has 13 heavy (non-hydrogen) atoms. The number of ether oxygens (including phenoxy) is 1. The van der Waals surface area contributed by atoms with Gasteiger partial charge in [-0.2, -0.15) is 5.26 Å². The number of rotatable bonds is 2. The lowest BCUT2D eigenvalue weighted by molar-refractivity contribution is 0.199. The first-order valence-electron chi connectivity index (χ1n) is 3.95. The molecule has 0 fully saturated rings. The van der Waals surface area contributed by atoms with Gasteiger partial charge in [-0.25, -0.2) is 0 Å². The quantitative estimate of drug-likeness (QED) is 0.746. The number of hydrogen-bond donors (Lipinski definition) is 1. The van der Waals surface area contributed by atoms with Crippen molar-refractivity contribution in [3.05, 3.63) is 29.3 Å². The minimum Gasteiger partial charge on any atom is -0.495 e. The fourth-order valence-electron chi connectivity index (χ4n) is 1.07. The van der Waals surface area contributed by atoms with Crippen LogP contribution in [0.4, 0.5) is 0 Å². The highest BCUT2D eigenvalue weighted by molar-refractivity contribution is 5.45. The van der Waals surface area contributed by atoms with Crippen molar-refractivity contribution in [3.63, 3.8) is 0 Å². The Balaban J connectivity index is 3.15. The van der Waals surface area contributed by atoms with Gasteiger partial charge in [0.25, 0.3) is 0 Å². The van der Waals surface area contributed by atoms with Crippen molar-refractivity contribution in [2.45, 2.75) is 13.0 Å². The largest absolute Gasteiger partial charge is 0.495 e. The molecule has 1 aromatic carbocycles. The van der Waals surface area contributed by atoms with Crippen LogP contribution in [0, 0.1) is 11.3 Å². The summed E-state index contributed by atoms with van der Waals surface area (Å²) in [6.45, 7) is 1.66. The molecule has 3 heteroatoms. The van der Waals surface area contributed by atoms with Gasteiger partial charge in [-0.3, -0.25) is 0 Å². The summed E-state index contributed by atoms with van der Waals surface area (Å²) >= 11 is 0. The van der Waals surface area contributed by atoms with E-state index < -0.39 is 6.10 Å². The molecule has 0 aliphatic rings. The molecule has 1 atom stereocenters. The fraction of sp³-hybridized carbons (Fsp3) is 0.300. The minimum absolute atomic E-state index is 0.445. The Morgan fingerprint density at radius 3 is 2.69 bits per heavy atom. The number of aliphatic hydroxyl groups is 1. The maximum atomic E-state index is 9.26. The van der Waals surface area contributed by atoms with Crippen LogP contribution in [0.2, 0.25) is 0 Å². The number of hydrogen-bond acceptors (Lipinski definition) is 3. The van der Waals surface area contributed by atoms with Gasteiger partial charge in [0.15, 0.2) is 0 Å². The molecule has 1 rings (SSSR count). The van der Waals surface area contributed by atoms with Gasteiger partial charge in [0.2, 0.25) is 0 Å². The average Bonchev–Trinajstić information content (AvgIpc) is 2.16. The van der Waals surface area contributed by atoms with E-state index in [9.17, 15) is 5.11 Å². The van der Waals surface area contributed by atoms with Gasteiger partial charge >= 0.3 is 0 Å². The highest BCUT2D eigenvalue weighted by atomic mass is 16.5. The molecule has 0 aromatic heterocycles. The zero-order valence-corrected chi connectivity index (χ0v) is 7.61. The van der Waals surface area contributed by atoms with Gasteiger partial charge < -0.3 is 9.84 Å². The Hall–Kier alpha value is -1.53. The molecule has 68 valence electrons. The lowest BCUT2D eigenvalue weighted by Gasteiger charge is -2.07. The summed E-state index contributed by atoms with van der Waals surface area (Å²) in [4.78, 5) is 0. The summed E-state index contributed by atoms with van der Waals surface area (Å²) in [5.74, 6) is 0.534. The van der Waals surface area contributed by atoms with E-state index in [0.29, 0.717) is 11.3 Å². The van der Waals surface area contributed by atoms with Gasteiger partial charge in [-0.15, -0.1) is 0 Å². The molecule has 0 saturated carbocycles. The van der Waals surface area contributed by atoms with Crippen LogP contribution in [-0.2, 0) is 0 Å². The van der Waals surface area contributed by atoms with Crippen LogP contribution >= 0.6 is 0 Å². The fourth-order valence-corrected chi connectivity index (χ4v) is 1.07. The van der Waals surface area contributed by atoms with Gasteiger partial charge in [-0.1, -0.05) is 6.07 Å². The van der Waals surface area contributed by atoms with Crippen LogP contribution in [-0.4, -0.2) is 12.2 Å². The maximum absolute atomic E-state index is 9.26. The minimum atomic E-state index is -0.557. The third-order valence-electron chi connectivity index (χ3n) is 1.83. The maximum Gasteiger partial charge on any atom is 0.136 e. The molecule has 0 aliphatic heterocycles. The van der Waals surface area contributed by atoms with Crippen LogP contribution in [0.5, 0.6) is 5.75 Å². The van der Waals surface area contributed by atoms with E-state index in [-0.39, 0.29) is 0 Å². The zero-order valence-electron chi connectivity index (χ0n) is 7.61. The molecule has 0 aliphatic carbocycles. The molecule has 1 aromatic rings. The van der Waals surface area contributed by atoms with Crippen molar-refractivity contribution < 1.29 is 9.84 Å². The van der Waals surface area contributed by atoms with Crippen molar-refractivity contribution in [1.29, 1.82) is 5.26 Å². The van der Waals surface area contributed by atoms with Crippen LogP contribution in [0.1, 0.15) is 24.2 Å². The first kappa shape index (κ1) is 9.56. The lowest BCUT2D eigenvalue weighted by Crippen LogP contribution is -1.94. The van der Waals surface area contributed by atoms with Crippen LogP contribution in [0.25, 0.3) is 0 Å². The molecule has 1 N–H and O–H groups in total. The van der Waals surface area contributed by atoms with E-state index in [1.165, 1.54) is 7.11 Å². The predicted octanol–water partition coefficient (Wildman–Crippen LogP) is 1.62. The van der Waals surface area contributed by atoms with E-state index in [4.69, 9.17) is 10.00 Å². The number of nitriles is 1. The molecule has 0 bridgehead atoms. The third kappa shape index (κ3) is 1.98. The van der Waals surface area contributed by atoms with E-state index in [0.717, 1.165) is 5.56 Å². The lowest BCUT2D eigenvalue weighted by atomic mass is 10.1. The third-order valence-corrected chi connectivity index (χ3v) is 1.83. The van der Waals surface area contributed by atoms with Crippen molar-refractivity contribution in [3.8, 4) is 11.8 Å². The standard InChI is InChI=1S/C10H11NO2/c1-7(12)8-3-4-10(13-2)9(5-8)6-11/h3-5,7,12H,1-2H3. The highest BCUT2D eigenvalue weighted by Crippen LogP contribution is 2.22. The van der Waals surface area contributed by atoms with E-state index in [2.05, 4.69) is 0 Å². The first-order chi connectivity index (χ1) is 6.19. The highest BCUT2D eigenvalue weighted by Gasteiger charge is 2.06. The molecule has 0 saturated heterocycles. The Labute approximate surface area is 77.2 Å². The van der Waals surface area contributed by atoms with E-state index in [1.54, 1.807) is 25.1 Å². The zero-order chi connectivity index (χ0) is 9.84. The normalized spacial score (nSPS) is 11.8. The second kappa shape index (κ2) is 3.92. The Bertz CT molecular complexity index is 339. The van der Waals surface area contributed by atoms with Crippen LogP contribution < -0.4 is 4.74 Å². The molecule has 0 radical (unpaired) electrons. The Kier molecular flexibility index (Phi) is 2.88. The van der Waals surface area contributed by atoms with E-state index >= 15 is 0 Å². The number of methoxy groups -OCH3 is 1. The monoisotopic (exact) mass is 177 g/mol. The molecule has 3 nitrogen and oxygen atoms in total. The number of benzene rings is 1. The van der Waals surface area contributed by atoms with Gasteiger partial charge in [0.1, 0.15) is 11.8 Å². The molecular weight excluding hydrogens is 166 g/mol.